The Labute approximate surface area is 144 Å². The molecule has 2 aromatic rings. The number of fused-ring (bicyclic) bond motifs is 1. The van der Waals surface area contributed by atoms with E-state index >= 15 is 0 Å². The van der Waals surface area contributed by atoms with E-state index in [1.165, 1.54) is 23.3 Å². The highest BCUT2D eigenvalue weighted by molar-refractivity contribution is 5.93. The highest BCUT2D eigenvalue weighted by atomic mass is 19.4. The SMILES string of the molecule is C[C@@H](C(=O)Nc1ccc(C(F)(F)F)cc1)[NH+]1CCc2ccccc2C1. The lowest BCUT2D eigenvalue weighted by Crippen LogP contribution is -3.16. The molecular weight excluding hydrogens is 329 g/mol. The fourth-order valence-corrected chi connectivity index (χ4v) is 3.15. The molecule has 1 heterocycles. The van der Waals surface area contributed by atoms with Crippen LogP contribution in [-0.2, 0) is 23.9 Å². The molecule has 6 heteroatoms. The predicted molar refractivity (Wildman–Crippen MR) is 89.2 cm³/mol. The number of carbonyl (C=O) groups is 1. The molecule has 1 unspecified atom stereocenters. The molecule has 25 heavy (non-hydrogen) atoms. The van der Waals surface area contributed by atoms with Crippen LogP contribution in [0.5, 0.6) is 0 Å². The van der Waals surface area contributed by atoms with Gasteiger partial charge in [-0.3, -0.25) is 4.79 Å². The number of quaternary nitrogens is 1. The first-order valence-electron chi connectivity index (χ1n) is 8.24. The molecule has 0 radical (unpaired) electrons. The zero-order valence-electron chi connectivity index (χ0n) is 13.9. The van der Waals surface area contributed by atoms with Gasteiger partial charge in [0.15, 0.2) is 6.04 Å². The Balaban J connectivity index is 1.63. The van der Waals surface area contributed by atoms with Crippen molar-refractivity contribution in [2.24, 2.45) is 0 Å². The third kappa shape index (κ3) is 4.02. The molecule has 0 fully saturated rings. The van der Waals surface area contributed by atoms with Gasteiger partial charge < -0.3 is 10.2 Å². The zero-order valence-corrected chi connectivity index (χ0v) is 13.9. The van der Waals surface area contributed by atoms with Crippen LogP contribution in [0.1, 0.15) is 23.6 Å². The van der Waals surface area contributed by atoms with Crippen molar-refractivity contribution in [3.8, 4) is 0 Å². The van der Waals surface area contributed by atoms with Crippen molar-refractivity contribution in [3.05, 3.63) is 65.2 Å². The van der Waals surface area contributed by atoms with E-state index < -0.39 is 11.7 Å². The van der Waals surface area contributed by atoms with Gasteiger partial charge in [-0.05, 0) is 36.8 Å². The van der Waals surface area contributed by atoms with Crippen molar-refractivity contribution in [1.82, 2.24) is 0 Å². The molecule has 0 aliphatic carbocycles. The Kier molecular flexibility index (Phi) is 4.81. The smallest absolute Gasteiger partial charge is 0.321 e. The van der Waals surface area contributed by atoms with Gasteiger partial charge in [0, 0.05) is 17.7 Å². The Hall–Kier alpha value is -2.34. The summed E-state index contributed by atoms with van der Waals surface area (Å²) in [5.74, 6) is -0.186. The molecule has 132 valence electrons. The van der Waals surface area contributed by atoms with Gasteiger partial charge in [0.1, 0.15) is 6.54 Å². The lowest BCUT2D eigenvalue weighted by molar-refractivity contribution is -0.929. The number of hydrogen-bond donors (Lipinski definition) is 2. The van der Waals surface area contributed by atoms with Crippen LogP contribution in [-0.4, -0.2) is 18.5 Å². The minimum atomic E-state index is -4.37. The number of carbonyl (C=O) groups excluding carboxylic acids is 1. The van der Waals surface area contributed by atoms with Gasteiger partial charge in [-0.25, -0.2) is 0 Å². The van der Waals surface area contributed by atoms with E-state index in [2.05, 4.69) is 17.4 Å². The Morgan fingerprint density at radius 3 is 2.36 bits per heavy atom. The molecule has 1 amide bonds. The van der Waals surface area contributed by atoms with Gasteiger partial charge in [0.2, 0.25) is 0 Å². The van der Waals surface area contributed by atoms with E-state index in [0.29, 0.717) is 5.69 Å². The summed E-state index contributed by atoms with van der Waals surface area (Å²) in [6.45, 7) is 3.49. The summed E-state index contributed by atoms with van der Waals surface area (Å²) >= 11 is 0. The molecule has 1 aliphatic heterocycles. The summed E-state index contributed by atoms with van der Waals surface area (Å²) in [5.41, 5.74) is 2.22. The van der Waals surface area contributed by atoms with E-state index in [9.17, 15) is 18.0 Å². The molecule has 3 rings (SSSR count). The van der Waals surface area contributed by atoms with Crippen LogP contribution in [0.4, 0.5) is 18.9 Å². The van der Waals surface area contributed by atoms with Gasteiger partial charge >= 0.3 is 6.18 Å². The summed E-state index contributed by atoms with van der Waals surface area (Å²) < 4.78 is 37.8. The number of benzene rings is 2. The zero-order chi connectivity index (χ0) is 18.0. The van der Waals surface area contributed by atoms with Crippen molar-refractivity contribution < 1.29 is 22.9 Å². The highest BCUT2D eigenvalue weighted by Gasteiger charge is 2.31. The van der Waals surface area contributed by atoms with E-state index in [1.54, 1.807) is 0 Å². The first-order chi connectivity index (χ1) is 11.8. The van der Waals surface area contributed by atoms with E-state index in [4.69, 9.17) is 0 Å². The Morgan fingerprint density at radius 1 is 1.08 bits per heavy atom. The second-order valence-electron chi connectivity index (χ2n) is 6.39. The molecule has 0 saturated heterocycles. The largest absolute Gasteiger partial charge is 0.416 e. The quantitative estimate of drug-likeness (QED) is 0.878. The summed E-state index contributed by atoms with van der Waals surface area (Å²) in [4.78, 5) is 13.6. The molecule has 2 aromatic carbocycles. The minimum absolute atomic E-state index is 0.186. The van der Waals surface area contributed by atoms with Crippen molar-refractivity contribution in [2.75, 3.05) is 11.9 Å². The van der Waals surface area contributed by atoms with Crippen molar-refractivity contribution in [2.45, 2.75) is 32.1 Å². The average molecular weight is 349 g/mol. The summed E-state index contributed by atoms with van der Waals surface area (Å²) in [6, 6.07) is 12.4. The Morgan fingerprint density at radius 2 is 1.72 bits per heavy atom. The number of anilines is 1. The van der Waals surface area contributed by atoms with Gasteiger partial charge in [-0.15, -0.1) is 0 Å². The number of nitrogens with one attached hydrogen (secondary N) is 2. The predicted octanol–water partition coefficient (Wildman–Crippen LogP) is 2.67. The number of hydrogen-bond acceptors (Lipinski definition) is 1. The van der Waals surface area contributed by atoms with Gasteiger partial charge in [-0.1, -0.05) is 24.3 Å². The minimum Gasteiger partial charge on any atom is -0.321 e. The van der Waals surface area contributed by atoms with Crippen LogP contribution in [0.2, 0.25) is 0 Å². The fourth-order valence-electron chi connectivity index (χ4n) is 3.15. The van der Waals surface area contributed by atoms with Crippen molar-refractivity contribution >= 4 is 11.6 Å². The molecule has 0 spiro atoms. The summed E-state index contributed by atoms with van der Waals surface area (Å²) in [6.07, 6.45) is -3.45. The van der Waals surface area contributed by atoms with Crippen molar-refractivity contribution in [3.63, 3.8) is 0 Å². The number of alkyl halides is 3. The first-order valence-corrected chi connectivity index (χ1v) is 8.24. The maximum absolute atomic E-state index is 12.6. The number of rotatable bonds is 3. The van der Waals surface area contributed by atoms with Crippen LogP contribution in [0, 0.1) is 0 Å². The summed E-state index contributed by atoms with van der Waals surface area (Å²) in [7, 11) is 0. The van der Waals surface area contributed by atoms with E-state index in [1.807, 2.05) is 19.1 Å². The molecule has 0 aromatic heterocycles. The maximum Gasteiger partial charge on any atom is 0.416 e. The monoisotopic (exact) mass is 349 g/mol. The highest BCUT2D eigenvalue weighted by Crippen LogP contribution is 2.29. The standard InChI is InChI=1S/C19H19F3N2O/c1-13(24-11-10-14-4-2-3-5-15(14)12-24)18(25)23-17-8-6-16(7-9-17)19(20,21)22/h2-9,13H,10-12H2,1H3,(H,23,25)/p+1/t13-/m0/s1. The van der Waals surface area contributed by atoms with Gasteiger partial charge in [0.05, 0.1) is 12.1 Å². The maximum atomic E-state index is 12.6. The molecule has 3 nitrogen and oxygen atoms in total. The molecule has 0 saturated carbocycles. The van der Waals surface area contributed by atoms with Crippen LogP contribution in [0.25, 0.3) is 0 Å². The van der Waals surface area contributed by atoms with Crippen molar-refractivity contribution in [1.29, 1.82) is 0 Å². The van der Waals surface area contributed by atoms with Gasteiger partial charge in [-0.2, -0.15) is 13.2 Å². The molecule has 2 N–H and O–H groups in total. The molecule has 0 bridgehead atoms. The third-order valence-electron chi connectivity index (χ3n) is 4.74. The average Bonchev–Trinajstić information content (AvgIpc) is 2.60. The first kappa shape index (κ1) is 17.5. The van der Waals surface area contributed by atoms with Crippen LogP contribution in [0.15, 0.2) is 48.5 Å². The van der Waals surface area contributed by atoms with Crippen LogP contribution < -0.4 is 10.2 Å². The number of amides is 1. The number of halogens is 3. The van der Waals surface area contributed by atoms with Crippen LogP contribution in [0.3, 0.4) is 0 Å². The van der Waals surface area contributed by atoms with Gasteiger partial charge in [0.25, 0.3) is 5.91 Å². The topological polar surface area (TPSA) is 33.5 Å². The Bertz CT molecular complexity index is 756. The molecule has 1 aliphatic rings. The lowest BCUT2D eigenvalue weighted by atomic mass is 9.99. The summed E-state index contributed by atoms with van der Waals surface area (Å²) in [5, 5.41) is 2.71. The van der Waals surface area contributed by atoms with E-state index in [-0.39, 0.29) is 11.9 Å². The third-order valence-corrected chi connectivity index (χ3v) is 4.74. The second-order valence-corrected chi connectivity index (χ2v) is 6.39. The second kappa shape index (κ2) is 6.88. The lowest BCUT2D eigenvalue weighted by Gasteiger charge is -2.30. The van der Waals surface area contributed by atoms with E-state index in [0.717, 1.165) is 36.5 Å². The normalized spacial score (nSPS) is 18.3. The fraction of sp³-hybridized carbons (Fsp3) is 0.316. The molecule has 2 atom stereocenters. The molecular formula is C19H20F3N2O+. The van der Waals surface area contributed by atoms with Crippen LogP contribution >= 0.6 is 0 Å².